The molecule has 2 N–H and O–H groups in total. The number of carbonyl (C=O) groups excluding carboxylic acids is 2. The predicted octanol–water partition coefficient (Wildman–Crippen LogP) is 3.59. The van der Waals surface area contributed by atoms with E-state index in [9.17, 15) is 9.59 Å². The Hall–Kier alpha value is -3.41. The summed E-state index contributed by atoms with van der Waals surface area (Å²) in [7, 11) is 0. The summed E-state index contributed by atoms with van der Waals surface area (Å²) in [6.45, 7) is 2.35. The first-order valence-corrected chi connectivity index (χ1v) is 9.97. The Morgan fingerprint density at radius 3 is 2.52 bits per heavy atom. The Labute approximate surface area is 169 Å². The quantitative estimate of drug-likeness (QED) is 0.677. The molecule has 2 amide bonds. The van der Waals surface area contributed by atoms with Gasteiger partial charge < -0.3 is 15.5 Å². The minimum atomic E-state index is -0.180. The number of pyridine rings is 1. The average Bonchev–Trinajstić information content (AvgIpc) is 3.29. The third-order valence-electron chi connectivity index (χ3n) is 5.11. The molecule has 1 aliphatic heterocycles. The molecule has 1 fully saturated rings. The number of rotatable bonds is 6. The first kappa shape index (κ1) is 18.9. The van der Waals surface area contributed by atoms with Crippen molar-refractivity contribution in [3.63, 3.8) is 0 Å². The number of benzene rings is 2. The number of amides is 2. The number of nitrogens with zero attached hydrogens (tertiary/aromatic N) is 2. The normalized spacial score (nSPS) is 13.4. The molecule has 0 radical (unpaired) electrons. The van der Waals surface area contributed by atoms with Gasteiger partial charge in [-0.25, -0.2) is 4.98 Å². The van der Waals surface area contributed by atoms with Crippen LogP contribution in [0, 0.1) is 0 Å². The lowest BCUT2D eigenvalue weighted by molar-refractivity contribution is -0.116. The van der Waals surface area contributed by atoms with Crippen molar-refractivity contribution in [3.05, 3.63) is 66.4 Å². The molecule has 0 unspecified atom stereocenters. The highest BCUT2D eigenvalue weighted by Crippen LogP contribution is 2.19. The van der Waals surface area contributed by atoms with Gasteiger partial charge in [0.2, 0.25) is 5.91 Å². The van der Waals surface area contributed by atoms with Crippen LogP contribution in [0.15, 0.2) is 60.8 Å². The molecule has 1 saturated heterocycles. The molecule has 4 rings (SSSR count). The van der Waals surface area contributed by atoms with E-state index in [4.69, 9.17) is 0 Å². The van der Waals surface area contributed by atoms with E-state index in [1.165, 1.54) is 12.8 Å². The lowest BCUT2D eigenvalue weighted by Crippen LogP contribution is -2.27. The maximum atomic E-state index is 12.3. The summed E-state index contributed by atoms with van der Waals surface area (Å²) in [6, 6.07) is 17.3. The van der Waals surface area contributed by atoms with Crippen molar-refractivity contribution in [2.45, 2.75) is 19.3 Å². The second-order valence-corrected chi connectivity index (χ2v) is 7.22. The van der Waals surface area contributed by atoms with Crippen molar-refractivity contribution >= 4 is 34.1 Å². The average molecular weight is 388 g/mol. The Bertz CT molecular complexity index is 1010. The SMILES string of the molecule is O=C(CCNC(=O)c1ccc2ccccc2c1)Nc1ccc(N2CCCC2)nc1. The smallest absolute Gasteiger partial charge is 0.251 e. The van der Waals surface area contributed by atoms with E-state index in [1.54, 1.807) is 12.3 Å². The third kappa shape index (κ3) is 4.71. The fraction of sp³-hybridized carbons (Fsp3) is 0.261. The van der Waals surface area contributed by atoms with Crippen molar-refractivity contribution in [1.29, 1.82) is 0 Å². The van der Waals surface area contributed by atoms with E-state index in [0.717, 1.165) is 29.7 Å². The number of nitrogens with one attached hydrogen (secondary N) is 2. The van der Waals surface area contributed by atoms with E-state index >= 15 is 0 Å². The van der Waals surface area contributed by atoms with Gasteiger partial charge in [-0.15, -0.1) is 0 Å². The number of hydrogen-bond donors (Lipinski definition) is 2. The zero-order valence-corrected chi connectivity index (χ0v) is 16.2. The molecule has 0 aliphatic carbocycles. The molecule has 2 aromatic carbocycles. The highest BCUT2D eigenvalue weighted by Gasteiger charge is 2.13. The van der Waals surface area contributed by atoms with Gasteiger partial charge in [0.1, 0.15) is 5.82 Å². The number of fused-ring (bicyclic) bond motifs is 1. The van der Waals surface area contributed by atoms with Gasteiger partial charge in [-0.1, -0.05) is 30.3 Å². The zero-order chi connectivity index (χ0) is 20.1. The molecule has 6 heteroatoms. The minimum Gasteiger partial charge on any atom is -0.357 e. The zero-order valence-electron chi connectivity index (χ0n) is 16.2. The molecule has 0 bridgehead atoms. The van der Waals surface area contributed by atoms with Gasteiger partial charge in [-0.05, 0) is 47.9 Å². The molecule has 6 nitrogen and oxygen atoms in total. The summed E-state index contributed by atoms with van der Waals surface area (Å²) < 4.78 is 0. The van der Waals surface area contributed by atoms with E-state index in [2.05, 4.69) is 20.5 Å². The van der Waals surface area contributed by atoms with Crippen LogP contribution in [0.2, 0.25) is 0 Å². The van der Waals surface area contributed by atoms with E-state index in [1.807, 2.05) is 48.5 Å². The van der Waals surface area contributed by atoms with Crippen LogP contribution in [0.1, 0.15) is 29.6 Å². The molecular formula is C23H24N4O2. The Kier molecular flexibility index (Phi) is 5.70. The number of aromatic nitrogens is 1. The molecule has 0 atom stereocenters. The standard InChI is InChI=1S/C23H24N4O2/c28-22(26-20-9-10-21(25-16-20)27-13-3-4-14-27)11-12-24-23(29)19-8-7-17-5-1-2-6-18(17)15-19/h1-2,5-10,15-16H,3-4,11-14H2,(H,24,29)(H,26,28). The molecule has 148 valence electrons. The summed E-state index contributed by atoms with van der Waals surface area (Å²) in [5.74, 6) is 0.614. The van der Waals surface area contributed by atoms with Crippen molar-refractivity contribution in [2.75, 3.05) is 29.9 Å². The van der Waals surface area contributed by atoms with Crippen molar-refractivity contribution in [3.8, 4) is 0 Å². The molecule has 0 saturated carbocycles. The highest BCUT2D eigenvalue weighted by molar-refractivity contribution is 5.99. The minimum absolute atomic E-state index is 0.153. The summed E-state index contributed by atoms with van der Waals surface area (Å²) in [5.41, 5.74) is 1.25. The molecule has 1 aromatic heterocycles. The van der Waals surface area contributed by atoms with Gasteiger partial charge in [0, 0.05) is 31.6 Å². The molecule has 3 aromatic rings. The second kappa shape index (κ2) is 8.73. The summed E-state index contributed by atoms with van der Waals surface area (Å²) in [5, 5.41) is 7.74. The fourth-order valence-electron chi connectivity index (χ4n) is 3.54. The van der Waals surface area contributed by atoms with Gasteiger partial charge in [0.15, 0.2) is 0 Å². The van der Waals surface area contributed by atoms with E-state index in [-0.39, 0.29) is 24.8 Å². The van der Waals surface area contributed by atoms with Crippen LogP contribution in [-0.4, -0.2) is 36.4 Å². The molecule has 2 heterocycles. The number of anilines is 2. The molecule has 1 aliphatic rings. The van der Waals surface area contributed by atoms with Crippen LogP contribution in [0.25, 0.3) is 10.8 Å². The summed E-state index contributed by atoms with van der Waals surface area (Å²) in [4.78, 5) is 31.2. The van der Waals surface area contributed by atoms with Crippen molar-refractivity contribution < 1.29 is 9.59 Å². The summed E-state index contributed by atoms with van der Waals surface area (Å²) in [6.07, 6.45) is 4.28. The Balaban J connectivity index is 1.25. The predicted molar refractivity (Wildman–Crippen MR) is 115 cm³/mol. The van der Waals surface area contributed by atoms with Gasteiger partial charge in [-0.2, -0.15) is 0 Å². The lowest BCUT2D eigenvalue weighted by Gasteiger charge is -2.16. The van der Waals surface area contributed by atoms with Gasteiger partial charge in [0.05, 0.1) is 11.9 Å². The van der Waals surface area contributed by atoms with Crippen LogP contribution in [-0.2, 0) is 4.79 Å². The second-order valence-electron chi connectivity index (χ2n) is 7.22. The van der Waals surface area contributed by atoms with Crippen molar-refractivity contribution in [1.82, 2.24) is 10.3 Å². The number of carbonyl (C=O) groups is 2. The van der Waals surface area contributed by atoms with Crippen LogP contribution >= 0.6 is 0 Å². The van der Waals surface area contributed by atoms with E-state index in [0.29, 0.717) is 11.3 Å². The molecule has 29 heavy (non-hydrogen) atoms. The Morgan fingerprint density at radius 2 is 1.76 bits per heavy atom. The van der Waals surface area contributed by atoms with Gasteiger partial charge in [-0.3, -0.25) is 9.59 Å². The third-order valence-corrected chi connectivity index (χ3v) is 5.11. The van der Waals surface area contributed by atoms with Gasteiger partial charge in [0.25, 0.3) is 5.91 Å². The van der Waals surface area contributed by atoms with E-state index < -0.39 is 0 Å². The number of hydrogen-bond acceptors (Lipinski definition) is 4. The largest absolute Gasteiger partial charge is 0.357 e. The molecular weight excluding hydrogens is 364 g/mol. The van der Waals surface area contributed by atoms with Crippen LogP contribution in [0.4, 0.5) is 11.5 Å². The maximum Gasteiger partial charge on any atom is 0.251 e. The lowest BCUT2D eigenvalue weighted by atomic mass is 10.1. The van der Waals surface area contributed by atoms with Gasteiger partial charge >= 0.3 is 0 Å². The fourth-order valence-corrected chi connectivity index (χ4v) is 3.54. The van der Waals surface area contributed by atoms with Crippen LogP contribution in [0.5, 0.6) is 0 Å². The molecule has 0 spiro atoms. The van der Waals surface area contributed by atoms with Crippen LogP contribution in [0.3, 0.4) is 0 Å². The first-order chi connectivity index (χ1) is 14.2. The Morgan fingerprint density at radius 1 is 0.966 bits per heavy atom. The van der Waals surface area contributed by atoms with Crippen LogP contribution < -0.4 is 15.5 Å². The highest BCUT2D eigenvalue weighted by atomic mass is 16.2. The topological polar surface area (TPSA) is 74.3 Å². The van der Waals surface area contributed by atoms with Crippen molar-refractivity contribution in [2.24, 2.45) is 0 Å². The maximum absolute atomic E-state index is 12.3. The summed E-state index contributed by atoms with van der Waals surface area (Å²) >= 11 is 0. The first-order valence-electron chi connectivity index (χ1n) is 9.97. The monoisotopic (exact) mass is 388 g/mol.